The van der Waals surface area contributed by atoms with E-state index in [1.165, 1.54) is 0 Å². The maximum atomic E-state index is 10.8. The van der Waals surface area contributed by atoms with Crippen LogP contribution in [0.5, 0.6) is 0 Å². The number of alkyl halides is 1. The second-order valence-corrected chi connectivity index (χ2v) is 4.34. The van der Waals surface area contributed by atoms with Crippen molar-refractivity contribution in [2.45, 2.75) is 30.3 Å². The molecule has 0 aromatic carbocycles. The van der Waals surface area contributed by atoms with Gasteiger partial charge in [0.25, 0.3) is 0 Å². The fraction of sp³-hybridized carbons (Fsp3) is 0.857. The van der Waals surface area contributed by atoms with Gasteiger partial charge in [0.05, 0.1) is 10.9 Å². The van der Waals surface area contributed by atoms with Gasteiger partial charge in [0.1, 0.15) is 6.10 Å². The highest BCUT2D eigenvalue weighted by Gasteiger charge is 2.47. The summed E-state index contributed by atoms with van der Waals surface area (Å²) in [6.45, 7) is 2.16. The zero-order chi connectivity index (χ0) is 8.01. The van der Waals surface area contributed by atoms with Crippen molar-refractivity contribution in [3.63, 3.8) is 0 Å². The predicted molar refractivity (Wildman–Crippen MR) is 43.7 cm³/mol. The molecule has 2 rings (SSSR count). The van der Waals surface area contributed by atoms with Gasteiger partial charge in [0, 0.05) is 0 Å². The number of carbonyl (C=O) groups is 1. The number of amides is 1. The smallest absolute Gasteiger partial charge is 0.407 e. The van der Waals surface area contributed by atoms with E-state index in [0.717, 1.165) is 6.42 Å². The van der Waals surface area contributed by atoms with E-state index in [1.54, 1.807) is 0 Å². The number of carbonyl (C=O) groups excluding carboxylic acids is 1. The van der Waals surface area contributed by atoms with Gasteiger partial charge in [-0.05, 0) is 12.3 Å². The van der Waals surface area contributed by atoms with Crippen molar-refractivity contribution < 1.29 is 9.53 Å². The average Bonchev–Trinajstić information content (AvgIpc) is 2.37. The summed E-state index contributed by atoms with van der Waals surface area (Å²) < 4.78 is 5.07. The molecule has 4 heteroatoms. The van der Waals surface area contributed by atoms with E-state index in [1.807, 2.05) is 0 Å². The Balaban J connectivity index is 2.13. The standard InChI is InChI=1S/C7H10BrNO2/c1-3-2-4-6(5(3)8)11-7(10)9-4/h3-6H,2H2,1H3,(H,9,10)/t3?,4?,5-,6?/m0/s1. The Morgan fingerprint density at radius 2 is 2.45 bits per heavy atom. The first-order valence-electron chi connectivity index (χ1n) is 3.79. The van der Waals surface area contributed by atoms with Crippen molar-refractivity contribution >= 4 is 22.0 Å². The van der Waals surface area contributed by atoms with Crippen molar-refractivity contribution in [3.8, 4) is 0 Å². The molecular formula is C7H10BrNO2. The molecule has 1 saturated carbocycles. The SMILES string of the molecule is CC1CC2NC(=O)OC2[C@H]1Br. The fourth-order valence-electron chi connectivity index (χ4n) is 1.81. The van der Waals surface area contributed by atoms with E-state index in [9.17, 15) is 4.79 Å². The van der Waals surface area contributed by atoms with Crippen LogP contribution in [0, 0.1) is 5.92 Å². The van der Waals surface area contributed by atoms with Crippen LogP contribution in [0.2, 0.25) is 0 Å². The molecule has 0 aromatic rings. The Kier molecular flexibility index (Phi) is 1.59. The highest BCUT2D eigenvalue weighted by Crippen LogP contribution is 2.36. The van der Waals surface area contributed by atoms with Gasteiger partial charge in [-0.15, -0.1) is 0 Å². The minimum atomic E-state index is -0.267. The second kappa shape index (κ2) is 2.37. The topological polar surface area (TPSA) is 38.3 Å². The summed E-state index contributed by atoms with van der Waals surface area (Å²) >= 11 is 3.52. The number of ether oxygens (including phenoxy) is 1. The van der Waals surface area contributed by atoms with Crippen molar-refractivity contribution in [3.05, 3.63) is 0 Å². The largest absolute Gasteiger partial charge is 0.443 e. The third-order valence-electron chi connectivity index (χ3n) is 2.43. The lowest BCUT2D eigenvalue weighted by molar-refractivity contribution is 0.138. The normalized spacial score (nSPS) is 48.4. The summed E-state index contributed by atoms with van der Waals surface area (Å²) in [5.74, 6) is 0.589. The Hall–Kier alpha value is -0.250. The van der Waals surface area contributed by atoms with E-state index >= 15 is 0 Å². The third kappa shape index (κ3) is 1.04. The quantitative estimate of drug-likeness (QED) is 0.624. The summed E-state index contributed by atoms with van der Waals surface area (Å²) in [5.41, 5.74) is 0. The van der Waals surface area contributed by atoms with Gasteiger partial charge >= 0.3 is 6.09 Å². The molecule has 1 amide bonds. The van der Waals surface area contributed by atoms with E-state index < -0.39 is 0 Å². The van der Waals surface area contributed by atoms with E-state index in [0.29, 0.717) is 10.7 Å². The van der Waals surface area contributed by atoms with Gasteiger partial charge in [0.2, 0.25) is 0 Å². The van der Waals surface area contributed by atoms with E-state index in [4.69, 9.17) is 4.74 Å². The number of hydrogen-bond donors (Lipinski definition) is 1. The molecule has 0 radical (unpaired) electrons. The second-order valence-electron chi connectivity index (χ2n) is 3.28. The van der Waals surface area contributed by atoms with Crippen LogP contribution in [0.1, 0.15) is 13.3 Å². The minimum absolute atomic E-state index is 0.0532. The molecular weight excluding hydrogens is 210 g/mol. The highest BCUT2D eigenvalue weighted by molar-refractivity contribution is 9.09. The maximum Gasteiger partial charge on any atom is 0.407 e. The van der Waals surface area contributed by atoms with Gasteiger partial charge in [-0.2, -0.15) is 0 Å². The summed E-state index contributed by atoms with van der Waals surface area (Å²) in [4.78, 5) is 11.1. The summed E-state index contributed by atoms with van der Waals surface area (Å²) in [5, 5.41) is 2.79. The first kappa shape index (κ1) is 7.40. The van der Waals surface area contributed by atoms with Crippen molar-refractivity contribution in [2.75, 3.05) is 0 Å². The van der Waals surface area contributed by atoms with E-state index in [-0.39, 0.29) is 18.2 Å². The number of fused-ring (bicyclic) bond motifs is 1. The van der Waals surface area contributed by atoms with Crippen molar-refractivity contribution in [1.29, 1.82) is 0 Å². The summed E-state index contributed by atoms with van der Waals surface area (Å²) in [7, 11) is 0. The molecule has 3 unspecified atom stereocenters. The molecule has 1 aliphatic heterocycles. The van der Waals surface area contributed by atoms with Crippen LogP contribution in [0.4, 0.5) is 4.79 Å². The Morgan fingerprint density at radius 3 is 3.09 bits per heavy atom. The molecule has 0 spiro atoms. The average molecular weight is 220 g/mol. The van der Waals surface area contributed by atoms with Crippen LogP contribution < -0.4 is 5.32 Å². The number of alkyl carbamates (subject to hydrolysis) is 1. The lowest BCUT2D eigenvalue weighted by Gasteiger charge is -2.11. The van der Waals surface area contributed by atoms with Crippen molar-refractivity contribution in [2.24, 2.45) is 5.92 Å². The van der Waals surface area contributed by atoms with Gasteiger partial charge in [-0.1, -0.05) is 22.9 Å². The van der Waals surface area contributed by atoms with Crippen LogP contribution in [0.25, 0.3) is 0 Å². The number of hydrogen-bond acceptors (Lipinski definition) is 2. The van der Waals surface area contributed by atoms with Crippen molar-refractivity contribution in [1.82, 2.24) is 5.32 Å². The first-order chi connectivity index (χ1) is 5.18. The molecule has 4 atom stereocenters. The Labute approximate surface area is 73.6 Å². The zero-order valence-electron chi connectivity index (χ0n) is 6.21. The number of halogens is 1. The molecule has 1 aliphatic carbocycles. The molecule has 0 bridgehead atoms. The fourth-order valence-corrected chi connectivity index (χ4v) is 2.50. The summed E-state index contributed by atoms with van der Waals surface area (Å²) in [6.07, 6.45) is 0.806. The Bertz CT molecular complexity index is 197. The minimum Gasteiger partial charge on any atom is -0.443 e. The van der Waals surface area contributed by atoms with Crippen LogP contribution in [-0.4, -0.2) is 23.1 Å². The van der Waals surface area contributed by atoms with Gasteiger partial charge in [-0.3, -0.25) is 0 Å². The lowest BCUT2D eigenvalue weighted by Crippen LogP contribution is -2.28. The van der Waals surface area contributed by atoms with Crippen LogP contribution in [0.15, 0.2) is 0 Å². The monoisotopic (exact) mass is 219 g/mol. The number of rotatable bonds is 0. The highest BCUT2D eigenvalue weighted by atomic mass is 79.9. The molecule has 1 N–H and O–H groups in total. The maximum absolute atomic E-state index is 10.8. The molecule has 2 aliphatic rings. The summed E-state index contributed by atoms with van der Waals surface area (Å²) in [6, 6.07) is 0.238. The van der Waals surface area contributed by atoms with Crippen LogP contribution in [-0.2, 0) is 4.74 Å². The van der Waals surface area contributed by atoms with Gasteiger partial charge in [0.15, 0.2) is 0 Å². The molecule has 1 heterocycles. The first-order valence-corrected chi connectivity index (χ1v) is 4.71. The molecule has 3 nitrogen and oxygen atoms in total. The molecule has 2 fully saturated rings. The van der Waals surface area contributed by atoms with E-state index in [2.05, 4.69) is 28.2 Å². The zero-order valence-corrected chi connectivity index (χ0v) is 7.80. The third-order valence-corrected chi connectivity index (χ3v) is 3.85. The predicted octanol–water partition coefficient (Wildman–Crippen LogP) is 1.27. The van der Waals surface area contributed by atoms with Crippen LogP contribution in [0.3, 0.4) is 0 Å². The number of nitrogens with one attached hydrogen (secondary N) is 1. The molecule has 1 saturated heterocycles. The Morgan fingerprint density at radius 1 is 1.73 bits per heavy atom. The van der Waals surface area contributed by atoms with Crippen LogP contribution >= 0.6 is 15.9 Å². The van der Waals surface area contributed by atoms with Gasteiger partial charge < -0.3 is 10.1 Å². The molecule has 0 aromatic heterocycles. The van der Waals surface area contributed by atoms with Gasteiger partial charge in [-0.25, -0.2) is 4.79 Å². The lowest BCUT2D eigenvalue weighted by atomic mass is 10.1. The molecule has 11 heavy (non-hydrogen) atoms. The molecule has 62 valence electrons.